The molecule has 1 aromatic heterocycles. The van der Waals surface area contributed by atoms with Crippen LogP contribution in [0.4, 0.5) is 8.78 Å². The lowest BCUT2D eigenvalue weighted by atomic mass is 10.1. The number of hydrogen-bond acceptors (Lipinski definition) is 3. The van der Waals surface area contributed by atoms with E-state index in [1.54, 1.807) is 6.07 Å². The van der Waals surface area contributed by atoms with E-state index < -0.39 is 11.6 Å². The summed E-state index contributed by atoms with van der Waals surface area (Å²) in [7, 11) is 0. The lowest BCUT2D eigenvalue weighted by Gasteiger charge is -1.99. The van der Waals surface area contributed by atoms with E-state index >= 15 is 0 Å². The zero-order valence-electron chi connectivity index (χ0n) is 9.56. The van der Waals surface area contributed by atoms with Gasteiger partial charge < -0.3 is 10.2 Å². The number of rotatable bonds is 3. The van der Waals surface area contributed by atoms with Gasteiger partial charge in [-0.05, 0) is 42.5 Å². The number of benzene rings is 1. The van der Waals surface area contributed by atoms with Crippen molar-refractivity contribution in [1.82, 2.24) is 5.43 Å². The Kier molecular flexibility index (Phi) is 3.86. The molecule has 2 aromatic rings. The van der Waals surface area contributed by atoms with Crippen molar-refractivity contribution in [2.75, 3.05) is 0 Å². The maximum Gasteiger partial charge on any atom is 0.184 e. The molecule has 0 aliphatic rings. The van der Waals surface area contributed by atoms with Gasteiger partial charge in [-0.1, -0.05) is 0 Å². The highest BCUT2D eigenvalue weighted by Crippen LogP contribution is 2.25. The molecular weight excluding hydrogens is 272 g/mol. The van der Waals surface area contributed by atoms with Gasteiger partial charge in [0.05, 0.1) is 11.8 Å². The zero-order chi connectivity index (χ0) is 13.8. The number of thiocarbonyl (C=S) groups is 1. The second kappa shape index (κ2) is 5.57. The Morgan fingerprint density at radius 1 is 1.32 bits per heavy atom. The summed E-state index contributed by atoms with van der Waals surface area (Å²) >= 11 is 4.56. The monoisotopic (exact) mass is 281 g/mol. The van der Waals surface area contributed by atoms with Gasteiger partial charge in [-0.3, -0.25) is 5.43 Å². The van der Waals surface area contributed by atoms with Crippen LogP contribution in [0.5, 0.6) is 0 Å². The summed E-state index contributed by atoms with van der Waals surface area (Å²) in [6, 6.07) is 6.21. The first-order valence-electron chi connectivity index (χ1n) is 5.20. The van der Waals surface area contributed by atoms with Gasteiger partial charge in [0.25, 0.3) is 0 Å². The second-order valence-corrected chi connectivity index (χ2v) is 4.00. The van der Waals surface area contributed by atoms with Gasteiger partial charge >= 0.3 is 0 Å². The molecule has 0 spiro atoms. The van der Waals surface area contributed by atoms with E-state index in [9.17, 15) is 8.78 Å². The smallest absolute Gasteiger partial charge is 0.184 e. The van der Waals surface area contributed by atoms with Gasteiger partial charge in [-0.2, -0.15) is 5.10 Å². The van der Waals surface area contributed by atoms with Gasteiger partial charge in [0.1, 0.15) is 23.2 Å². The number of halogens is 2. The third kappa shape index (κ3) is 3.35. The largest absolute Gasteiger partial charge is 0.455 e. The van der Waals surface area contributed by atoms with Crippen LogP contribution >= 0.6 is 12.2 Å². The lowest BCUT2D eigenvalue weighted by molar-refractivity contribution is 0.558. The van der Waals surface area contributed by atoms with Crippen molar-refractivity contribution in [3.63, 3.8) is 0 Å². The molecule has 1 heterocycles. The molecule has 0 fully saturated rings. The average Bonchev–Trinajstić information content (AvgIpc) is 2.80. The maximum absolute atomic E-state index is 13.5. The molecule has 0 radical (unpaired) electrons. The van der Waals surface area contributed by atoms with E-state index in [1.165, 1.54) is 12.3 Å². The Morgan fingerprint density at radius 3 is 2.84 bits per heavy atom. The first-order valence-corrected chi connectivity index (χ1v) is 5.61. The fourth-order valence-corrected chi connectivity index (χ4v) is 1.47. The fourth-order valence-electron chi connectivity index (χ4n) is 1.41. The van der Waals surface area contributed by atoms with Crippen LogP contribution in [0.2, 0.25) is 0 Å². The van der Waals surface area contributed by atoms with Crippen LogP contribution in [0.15, 0.2) is 39.9 Å². The van der Waals surface area contributed by atoms with Crippen molar-refractivity contribution >= 4 is 23.5 Å². The Hall–Kier alpha value is -2.28. The summed E-state index contributed by atoms with van der Waals surface area (Å²) < 4.78 is 31.9. The standard InChI is InChI=1S/C12H9F2N3OS/c13-7-1-3-10(14)9(5-7)11-4-2-8(18-11)6-16-17-12(15)19/h1-6H,(H3,15,17,19)/b16-6+. The molecule has 2 rings (SSSR count). The normalized spacial score (nSPS) is 10.8. The Morgan fingerprint density at radius 2 is 2.11 bits per heavy atom. The number of nitrogens with one attached hydrogen (secondary N) is 1. The van der Waals surface area contributed by atoms with Crippen LogP contribution in [0.3, 0.4) is 0 Å². The second-order valence-electron chi connectivity index (χ2n) is 3.56. The minimum atomic E-state index is -0.569. The van der Waals surface area contributed by atoms with Crippen LogP contribution in [0.25, 0.3) is 11.3 Å². The van der Waals surface area contributed by atoms with Gasteiger partial charge in [0, 0.05) is 0 Å². The lowest BCUT2D eigenvalue weighted by Crippen LogP contribution is -2.23. The van der Waals surface area contributed by atoms with Crippen LogP contribution in [-0.2, 0) is 0 Å². The summed E-state index contributed by atoms with van der Waals surface area (Å²) in [5.41, 5.74) is 7.57. The van der Waals surface area contributed by atoms with E-state index in [-0.39, 0.29) is 16.4 Å². The van der Waals surface area contributed by atoms with Crippen LogP contribution in [0, 0.1) is 11.6 Å². The predicted molar refractivity (Wildman–Crippen MR) is 71.6 cm³/mol. The number of nitrogens with two attached hydrogens (primary N) is 1. The average molecular weight is 281 g/mol. The number of nitrogens with zero attached hydrogens (tertiary/aromatic N) is 1. The topological polar surface area (TPSA) is 63.5 Å². The SMILES string of the molecule is NC(=S)N/N=C/c1ccc(-c2cc(F)ccc2F)o1. The summed E-state index contributed by atoms with van der Waals surface area (Å²) in [6.45, 7) is 0. The third-order valence-corrected chi connectivity index (χ3v) is 2.28. The first kappa shape index (κ1) is 13.2. The van der Waals surface area contributed by atoms with E-state index in [4.69, 9.17) is 10.2 Å². The molecule has 0 atom stereocenters. The summed E-state index contributed by atoms with van der Waals surface area (Å²) in [6.07, 6.45) is 1.32. The van der Waals surface area contributed by atoms with E-state index in [1.807, 2.05) is 0 Å². The molecule has 4 nitrogen and oxygen atoms in total. The summed E-state index contributed by atoms with van der Waals surface area (Å²) in [4.78, 5) is 0. The molecule has 0 aliphatic heterocycles. The molecule has 7 heteroatoms. The van der Waals surface area contributed by atoms with Crippen molar-refractivity contribution in [2.45, 2.75) is 0 Å². The van der Waals surface area contributed by atoms with Gasteiger partial charge in [0.15, 0.2) is 5.11 Å². The minimum Gasteiger partial charge on any atom is -0.455 e. The maximum atomic E-state index is 13.5. The van der Waals surface area contributed by atoms with E-state index in [0.29, 0.717) is 5.76 Å². The summed E-state index contributed by atoms with van der Waals surface area (Å²) in [5.74, 6) is -0.560. The molecular formula is C12H9F2N3OS. The molecule has 0 saturated carbocycles. The number of hydrazone groups is 1. The predicted octanol–water partition coefficient (Wildman–Crippen LogP) is 2.39. The van der Waals surface area contributed by atoms with Crippen molar-refractivity contribution < 1.29 is 13.2 Å². The Labute approximate surface area is 112 Å². The summed E-state index contributed by atoms with van der Waals surface area (Å²) in [5, 5.41) is 3.70. The van der Waals surface area contributed by atoms with Crippen molar-refractivity contribution in [2.24, 2.45) is 10.8 Å². The highest BCUT2D eigenvalue weighted by Gasteiger charge is 2.10. The van der Waals surface area contributed by atoms with Gasteiger partial charge in [0.2, 0.25) is 0 Å². The molecule has 1 aromatic carbocycles. The highest BCUT2D eigenvalue weighted by molar-refractivity contribution is 7.80. The van der Waals surface area contributed by atoms with E-state index in [2.05, 4.69) is 22.7 Å². The zero-order valence-corrected chi connectivity index (χ0v) is 10.4. The highest BCUT2D eigenvalue weighted by atomic mass is 32.1. The quantitative estimate of drug-likeness (QED) is 0.515. The molecule has 0 saturated heterocycles. The minimum absolute atomic E-state index is 0.0132. The molecule has 0 unspecified atom stereocenters. The van der Waals surface area contributed by atoms with Crippen LogP contribution in [0.1, 0.15) is 5.76 Å². The van der Waals surface area contributed by atoms with E-state index in [0.717, 1.165) is 18.2 Å². The van der Waals surface area contributed by atoms with Gasteiger partial charge in [-0.15, -0.1) is 0 Å². The van der Waals surface area contributed by atoms with Crippen molar-refractivity contribution in [3.8, 4) is 11.3 Å². The number of furan rings is 1. The fraction of sp³-hybridized carbons (Fsp3) is 0. The Bertz CT molecular complexity index is 640. The Balaban J connectivity index is 2.23. The van der Waals surface area contributed by atoms with Crippen LogP contribution in [-0.4, -0.2) is 11.3 Å². The molecule has 0 amide bonds. The van der Waals surface area contributed by atoms with Crippen molar-refractivity contribution in [3.05, 3.63) is 47.7 Å². The van der Waals surface area contributed by atoms with Crippen LogP contribution < -0.4 is 11.2 Å². The molecule has 0 aliphatic carbocycles. The third-order valence-electron chi connectivity index (χ3n) is 2.19. The molecule has 98 valence electrons. The number of hydrogen-bond donors (Lipinski definition) is 2. The van der Waals surface area contributed by atoms with Gasteiger partial charge in [-0.25, -0.2) is 8.78 Å². The first-order chi connectivity index (χ1) is 9.06. The molecule has 0 bridgehead atoms. The van der Waals surface area contributed by atoms with Crippen molar-refractivity contribution in [1.29, 1.82) is 0 Å². The molecule has 19 heavy (non-hydrogen) atoms. The molecule has 3 N–H and O–H groups in total.